The van der Waals surface area contributed by atoms with Crippen LogP contribution in [0.3, 0.4) is 0 Å². The highest BCUT2D eigenvalue weighted by Gasteiger charge is 2.40. The molecule has 1 fully saturated rings. The van der Waals surface area contributed by atoms with Gasteiger partial charge in [-0.1, -0.05) is 11.8 Å². The standard InChI is InChI=1S/C29H30F3N3O4/c1-39-21-6-7-26-23(16-21)22(20(18-36)17-33-26)5-2-8-29(28(37)34-38)9-12-35(13-10-29)11-3-4-19-14-24(30)27(32)25(31)15-19/h6-7,14-17,36,38H,2,5,8-13,18H2,1H3,(H,34,37). The molecule has 39 heavy (non-hydrogen) atoms. The highest BCUT2D eigenvalue weighted by molar-refractivity contribution is 5.84. The summed E-state index contributed by atoms with van der Waals surface area (Å²) in [6.45, 7) is 1.21. The summed E-state index contributed by atoms with van der Waals surface area (Å²) in [5.41, 5.74) is 3.54. The van der Waals surface area contributed by atoms with Gasteiger partial charge in [0.1, 0.15) is 5.75 Å². The van der Waals surface area contributed by atoms with E-state index in [1.54, 1.807) is 13.3 Å². The van der Waals surface area contributed by atoms with E-state index in [1.165, 1.54) is 0 Å². The summed E-state index contributed by atoms with van der Waals surface area (Å²) in [5.74, 6) is 1.64. The van der Waals surface area contributed by atoms with Crippen LogP contribution >= 0.6 is 0 Å². The molecule has 0 bridgehead atoms. The van der Waals surface area contributed by atoms with Crippen LogP contribution in [0.1, 0.15) is 42.4 Å². The number of pyridine rings is 1. The van der Waals surface area contributed by atoms with Crippen molar-refractivity contribution in [2.45, 2.75) is 38.7 Å². The van der Waals surface area contributed by atoms with Crippen LogP contribution in [0.25, 0.3) is 10.9 Å². The number of hydrogen-bond donors (Lipinski definition) is 3. The Morgan fingerprint density at radius 3 is 2.54 bits per heavy atom. The van der Waals surface area contributed by atoms with Gasteiger partial charge in [-0.15, -0.1) is 0 Å². The van der Waals surface area contributed by atoms with Crippen molar-refractivity contribution >= 4 is 16.8 Å². The Labute approximate surface area is 224 Å². The molecule has 10 heteroatoms. The first-order valence-corrected chi connectivity index (χ1v) is 12.7. The van der Waals surface area contributed by atoms with Crippen molar-refractivity contribution in [2.75, 3.05) is 26.7 Å². The molecule has 4 rings (SSSR count). The lowest BCUT2D eigenvalue weighted by molar-refractivity contribution is -0.143. The lowest BCUT2D eigenvalue weighted by Crippen LogP contribution is -2.48. The molecule has 1 aromatic heterocycles. The average molecular weight is 542 g/mol. The van der Waals surface area contributed by atoms with Gasteiger partial charge in [0.05, 0.1) is 31.2 Å². The lowest BCUT2D eigenvalue weighted by Gasteiger charge is -2.39. The first kappa shape index (κ1) is 28.4. The first-order chi connectivity index (χ1) is 18.8. The Balaban J connectivity index is 1.42. The van der Waals surface area contributed by atoms with E-state index in [9.17, 15) is 28.3 Å². The Morgan fingerprint density at radius 1 is 1.18 bits per heavy atom. The molecule has 1 aliphatic heterocycles. The number of carbonyl (C=O) groups is 1. The third kappa shape index (κ3) is 6.33. The average Bonchev–Trinajstić information content (AvgIpc) is 2.96. The van der Waals surface area contributed by atoms with Gasteiger partial charge >= 0.3 is 0 Å². The zero-order valence-corrected chi connectivity index (χ0v) is 21.6. The molecule has 0 atom stereocenters. The number of halogens is 3. The van der Waals surface area contributed by atoms with Gasteiger partial charge in [-0.25, -0.2) is 18.7 Å². The van der Waals surface area contributed by atoms with Gasteiger partial charge in [-0.05, 0) is 73.6 Å². The minimum Gasteiger partial charge on any atom is -0.497 e. The third-order valence-corrected chi connectivity index (χ3v) is 7.44. The molecule has 0 saturated carbocycles. The van der Waals surface area contributed by atoms with Crippen LogP contribution in [0.2, 0.25) is 0 Å². The van der Waals surface area contributed by atoms with Gasteiger partial charge in [-0.3, -0.25) is 19.9 Å². The number of aliphatic hydroxyl groups is 1. The number of nitrogens with one attached hydrogen (secondary N) is 1. The van der Waals surface area contributed by atoms with Crippen LogP contribution in [0.15, 0.2) is 36.5 Å². The second-order valence-electron chi connectivity index (χ2n) is 9.71. The van der Waals surface area contributed by atoms with Crippen LogP contribution in [-0.4, -0.2) is 52.8 Å². The third-order valence-electron chi connectivity index (χ3n) is 7.44. The van der Waals surface area contributed by atoms with Crippen molar-refractivity contribution in [2.24, 2.45) is 5.41 Å². The highest BCUT2D eigenvalue weighted by Crippen LogP contribution is 2.37. The number of amides is 1. The van der Waals surface area contributed by atoms with Crippen molar-refractivity contribution in [3.63, 3.8) is 0 Å². The number of methoxy groups -OCH3 is 1. The van der Waals surface area contributed by atoms with E-state index in [0.29, 0.717) is 63.1 Å². The molecule has 3 aromatic rings. The highest BCUT2D eigenvalue weighted by atomic mass is 19.2. The topological polar surface area (TPSA) is 94.9 Å². The summed E-state index contributed by atoms with van der Waals surface area (Å²) in [5, 5.41) is 20.3. The number of nitrogens with zero attached hydrogens (tertiary/aromatic N) is 2. The summed E-state index contributed by atoms with van der Waals surface area (Å²) in [6, 6.07) is 7.28. The van der Waals surface area contributed by atoms with E-state index in [-0.39, 0.29) is 12.2 Å². The normalized spacial score (nSPS) is 15.0. The molecule has 1 amide bonds. The Bertz CT molecular complexity index is 1380. The molecule has 2 heterocycles. The number of hydroxylamine groups is 1. The maximum Gasteiger partial charge on any atom is 0.249 e. The molecular formula is C29H30F3N3O4. The van der Waals surface area contributed by atoms with Crippen LogP contribution in [0.5, 0.6) is 5.75 Å². The number of rotatable bonds is 8. The Kier molecular flexibility index (Phi) is 9.07. The molecule has 0 radical (unpaired) electrons. The molecule has 7 nitrogen and oxygen atoms in total. The zero-order chi connectivity index (χ0) is 28.0. The van der Waals surface area contributed by atoms with E-state index >= 15 is 0 Å². The van der Waals surface area contributed by atoms with E-state index < -0.39 is 28.8 Å². The molecule has 1 aliphatic rings. The van der Waals surface area contributed by atoms with Gasteiger partial charge in [0, 0.05) is 30.2 Å². The van der Waals surface area contributed by atoms with Gasteiger partial charge in [0.25, 0.3) is 0 Å². The van der Waals surface area contributed by atoms with Gasteiger partial charge in [-0.2, -0.15) is 0 Å². The van der Waals surface area contributed by atoms with E-state index in [2.05, 4.69) is 16.8 Å². The molecule has 2 aromatic carbocycles. The van der Waals surface area contributed by atoms with Crippen molar-refractivity contribution in [3.8, 4) is 17.6 Å². The number of aromatic nitrogens is 1. The SMILES string of the molecule is COc1ccc2ncc(CO)c(CCCC3(C(=O)NO)CCN(CC#Cc4cc(F)c(F)c(F)c4)CC3)c2c1. The maximum absolute atomic E-state index is 13.4. The lowest BCUT2D eigenvalue weighted by atomic mass is 9.73. The minimum absolute atomic E-state index is 0.0425. The molecule has 206 valence electrons. The van der Waals surface area contributed by atoms with Crippen molar-refractivity contribution in [1.82, 2.24) is 15.4 Å². The number of aliphatic hydroxyl groups excluding tert-OH is 1. The smallest absolute Gasteiger partial charge is 0.249 e. The summed E-state index contributed by atoms with van der Waals surface area (Å²) in [4.78, 5) is 19.2. The predicted molar refractivity (Wildman–Crippen MR) is 138 cm³/mol. The van der Waals surface area contributed by atoms with Crippen molar-refractivity contribution < 1.29 is 33.0 Å². The monoisotopic (exact) mass is 541 g/mol. The Morgan fingerprint density at radius 2 is 1.90 bits per heavy atom. The number of aryl methyl sites for hydroxylation is 1. The quantitative estimate of drug-likeness (QED) is 0.172. The van der Waals surface area contributed by atoms with Gasteiger partial charge < -0.3 is 9.84 Å². The van der Waals surface area contributed by atoms with Crippen LogP contribution in [0, 0.1) is 34.7 Å². The molecule has 3 N–H and O–H groups in total. The fourth-order valence-electron chi connectivity index (χ4n) is 5.16. The molecule has 0 aliphatic carbocycles. The van der Waals surface area contributed by atoms with Crippen molar-refractivity contribution in [3.05, 3.63) is 70.7 Å². The Hall–Kier alpha value is -3.65. The number of piperidine rings is 1. The second-order valence-corrected chi connectivity index (χ2v) is 9.71. The summed E-state index contributed by atoms with van der Waals surface area (Å²) in [6.07, 6.45) is 4.39. The fourth-order valence-corrected chi connectivity index (χ4v) is 5.16. The van der Waals surface area contributed by atoms with Gasteiger partial charge in [0.2, 0.25) is 5.91 Å². The molecule has 0 unspecified atom stereocenters. The molecule has 1 saturated heterocycles. The molecule has 0 spiro atoms. The van der Waals surface area contributed by atoms with E-state index in [1.807, 2.05) is 28.6 Å². The van der Waals surface area contributed by atoms with Crippen LogP contribution < -0.4 is 10.2 Å². The largest absolute Gasteiger partial charge is 0.497 e. The van der Waals surface area contributed by atoms with Crippen molar-refractivity contribution in [1.29, 1.82) is 0 Å². The summed E-state index contributed by atoms with van der Waals surface area (Å²) >= 11 is 0. The number of hydrogen-bond acceptors (Lipinski definition) is 6. The van der Waals surface area contributed by atoms with Crippen LogP contribution in [-0.2, 0) is 17.8 Å². The summed E-state index contributed by atoms with van der Waals surface area (Å²) in [7, 11) is 1.59. The molecular weight excluding hydrogens is 511 g/mol. The number of likely N-dealkylation sites (tertiary alicyclic amines) is 1. The second kappa shape index (κ2) is 12.5. The van der Waals surface area contributed by atoms with Gasteiger partial charge in [0.15, 0.2) is 17.5 Å². The number of carbonyl (C=O) groups excluding carboxylic acids is 1. The fraction of sp³-hybridized carbons (Fsp3) is 0.379. The maximum atomic E-state index is 13.4. The zero-order valence-electron chi connectivity index (χ0n) is 21.6. The van der Waals surface area contributed by atoms with E-state index in [0.717, 1.165) is 28.6 Å². The van der Waals surface area contributed by atoms with E-state index in [4.69, 9.17) is 4.74 Å². The summed E-state index contributed by atoms with van der Waals surface area (Å²) < 4.78 is 45.3. The number of fused-ring (bicyclic) bond motifs is 1. The number of benzene rings is 2. The number of ether oxygens (including phenoxy) is 1. The first-order valence-electron chi connectivity index (χ1n) is 12.7. The predicted octanol–water partition coefficient (Wildman–Crippen LogP) is 4.12. The minimum atomic E-state index is -1.53. The van der Waals surface area contributed by atoms with Crippen LogP contribution in [0.4, 0.5) is 13.2 Å².